The van der Waals surface area contributed by atoms with E-state index in [2.05, 4.69) is 41.1 Å². The maximum absolute atomic E-state index is 14.2. The van der Waals surface area contributed by atoms with E-state index in [-0.39, 0.29) is 30.4 Å². The molecule has 0 saturated carbocycles. The van der Waals surface area contributed by atoms with Gasteiger partial charge in [-0.25, -0.2) is 14.1 Å². The van der Waals surface area contributed by atoms with Gasteiger partial charge in [-0.15, -0.1) is 12.4 Å². The van der Waals surface area contributed by atoms with Crippen molar-refractivity contribution in [2.45, 2.75) is 45.6 Å². The zero-order chi connectivity index (χ0) is 17.8. The summed E-state index contributed by atoms with van der Waals surface area (Å²) in [6.07, 6.45) is 3.42. The fourth-order valence-electron chi connectivity index (χ4n) is 3.31. The molecule has 144 valence electrons. The number of aromatic nitrogens is 3. The molecule has 0 bridgehead atoms. The van der Waals surface area contributed by atoms with E-state index >= 15 is 0 Å². The molecule has 1 aromatic heterocycles. The van der Waals surface area contributed by atoms with Crippen LogP contribution in [0.1, 0.15) is 26.3 Å². The van der Waals surface area contributed by atoms with Gasteiger partial charge in [-0.1, -0.05) is 6.07 Å². The Morgan fingerprint density at radius 2 is 2.04 bits per heavy atom. The molecule has 1 N–H and O–H groups in total. The van der Waals surface area contributed by atoms with Gasteiger partial charge in [0.15, 0.2) is 0 Å². The Labute approximate surface area is 160 Å². The second-order valence-corrected chi connectivity index (χ2v) is 6.82. The van der Waals surface area contributed by atoms with Gasteiger partial charge in [0.05, 0.1) is 12.2 Å². The molecule has 3 rings (SSSR count). The van der Waals surface area contributed by atoms with Gasteiger partial charge in [0.2, 0.25) is 0 Å². The summed E-state index contributed by atoms with van der Waals surface area (Å²) < 4.78 is 21.4. The molecule has 1 aliphatic rings. The monoisotopic (exact) mass is 383 g/mol. The lowest BCUT2D eigenvalue weighted by molar-refractivity contribution is -0.0781. The minimum Gasteiger partial charge on any atom is -0.373 e. The summed E-state index contributed by atoms with van der Waals surface area (Å²) in [4.78, 5) is 6.29. The lowest BCUT2D eigenvalue weighted by atomic mass is 10.1. The van der Waals surface area contributed by atoms with Crippen LogP contribution in [0, 0.1) is 5.82 Å². The van der Waals surface area contributed by atoms with Crippen molar-refractivity contribution >= 4 is 12.4 Å². The lowest BCUT2D eigenvalue weighted by Gasteiger charge is -2.39. The van der Waals surface area contributed by atoms with E-state index in [1.54, 1.807) is 12.1 Å². The second kappa shape index (κ2) is 9.41. The van der Waals surface area contributed by atoms with Gasteiger partial charge in [-0.2, -0.15) is 5.10 Å². The van der Waals surface area contributed by atoms with Crippen LogP contribution >= 0.6 is 12.4 Å². The van der Waals surface area contributed by atoms with Gasteiger partial charge in [0.25, 0.3) is 0 Å². The molecule has 0 amide bonds. The number of ether oxygens (including phenoxy) is 1. The van der Waals surface area contributed by atoms with Crippen LogP contribution in [0.4, 0.5) is 4.39 Å². The summed E-state index contributed by atoms with van der Waals surface area (Å²) in [7, 11) is 0. The minimum absolute atomic E-state index is 0. The minimum atomic E-state index is -0.298. The van der Waals surface area contributed by atoms with Gasteiger partial charge in [0.1, 0.15) is 24.2 Å². The van der Waals surface area contributed by atoms with E-state index in [9.17, 15) is 4.39 Å². The van der Waals surface area contributed by atoms with Crippen molar-refractivity contribution in [3.8, 4) is 5.69 Å². The first-order valence-electron chi connectivity index (χ1n) is 8.76. The summed E-state index contributed by atoms with van der Waals surface area (Å²) >= 11 is 0. The van der Waals surface area contributed by atoms with Crippen LogP contribution in [0.25, 0.3) is 5.69 Å². The topological polar surface area (TPSA) is 55.2 Å². The molecule has 1 aliphatic heterocycles. The summed E-state index contributed by atoms with van der Waals surface area (Å²) in [5.41, 5.74) is 1.32. The van der Waals surface area contributed by atoms with Crippen molar-refractivity contribution in [3.63, 3.8) is 0 Å². The summed E-state index contributed by atoms with van der Waals surface area (Å²) in [5, 5.41) is 7.39. The zero-order valence-electron chi connectivity index (χ0n) is 15.4. The van der Waals surface area contributed by atoms with Crippen molar-refractivity contribution in [1.82, 2.24) is 25.0 Å². The van der Waals surface area contributed by atoms with Crippen molar-refractivity contribution in [1.29, 1.82) is 0 Å². The molecular weight excluding hydrogens is 357 g/mol. The highest BCUT2D eigenvalue weighted by atomic mass is 35.5. The summed E-state index contributed by atoms with van der Waals surface area (Å²) in [6, 6.07) is 5.60. The zero-order valence-corrected chi connectivity index (χ0v) is 16.2. The number of morpholine rings is 1. The molecule has 1 aromatic carbocycles. The second-order valence-electron chi connectivity index (χ2n) is 6.82. The highest BCUT2D eigenvalue weighted by Crippen LogP contribution is 2.15. The Morgan fingerprint density at radius 3 is 2.65 bits per heavy atom. The van der Waals surface area contributed by atoms with Crippen LogP contribution in [0.5, 0.6) is 0 Å². The number of hydrogen-bond acceptors (Lipinski definition) is 5. The smallest absolute Gasteiger partial charge is 0.149 e. The molecular formula is C18H27ClFN5O. The predicted molar refractivity (Wildman–Crippen MR) is 101 cm³/mol. The number of nitrogens with zero attached hydrogens (tertiary/aromatic N) is 4. The fourth-order valence-corrected chi connectivity index (χ4v) is 3.31. The lowest BCUT2D eigenvalue weighted by Crippen LogP contribution is -2.51. The van der Waals surface area contributed by atoms with E-state index in [0.717, 1.165) is 25.2 Å². The first-order valence-corrected chi connectivity index (χ1v) is 8.76. The molecule has 0 aliphatic carbocycles. The van der Waals surface area contributed by atoms with Crippen LogP contribution in [-0.4, -0.2) is 57.5 Å². The molecule has 3 atom stereocenters. The summed E-state index contributed by atoms with van der Waals surface area (Å²) in [5.74, 6) is -0.298. The highest BCUT2D eigenvalue weighted by molar-refractivity contribution is 5.85. The average Bonchev–Trinajstić information content (AvgIpc) is 3.08. The Hall–Kier alpha value is -1.54. The van der Waals surface area contributed by atoms with E-state index in [4.69, 9.17) is 4.74 Å². The SMILES string of the molecule is CC1CN(C(C)CNCc2ccc(-n3cncn3)c(F)c2)CC(C)O1.Cl. The third-order valence-electron chi connectivity index (χ3n) is 4.52. The van der Waals surface area contributed by atoms with Gasteiger partial charge in [-0.3, -0.25) is 4.90 Å². The van der Waals surface area contributed by atoms with Gasteiger partial charge in [0, 0.05) is 32.2 Å². The van der Waals surface area contributed by atoms with Gasteiger partial charge in [-0.05, 0) is 38.5 Å². The molecule has 0 spiro atoms. The van der Waals surface area contributed by atoms with E-state index in [0.29, 0.717) is 18.3 Å². The van der Waals surface area contributed by atoms with Crippen molar-refractivity contribution in [2.24, 2.45) is 0 Å². The summed E-state index contributed by atoms with van der Waals surface area (Å²) in [6.45, 7) is 9.83. The Balaban J connectivity index is 0.00000243. The molecule has 0 radical (unpaired) electrons. The maximum atomic E-state index is 14.2. The third kappa shape index (κ3) is 5.23. The standard InChI is InChI=1S/C18H26FN5O.ClH/c1-13(23-9-14(2)25-15(3)10-23)7-20-8-16-4-5-18(17(19)6-16)24-12-21-11-22-24;/h4-6,11-15,20H,7-10H2,1-3H3;1H. The van der Waals surface area contributed by atoms with Crippen LogP contribution in [0.3, 0.4) is 0 Å². The molecule has 2 heterocycles. The number of rotatable bonds is 6. The van der Waals surface area contributed by atoms with Gasteiger partial charge < -0.3 is 10.1 Å². The largest absolute Gasteiger partial charge is 0.373 e. The molecule has 8 heteroatoms. The molecule has 3 unspecified atom stereocenters. The number of benzene rings is 1. The predicted octanol–water partition coefficient (Wildman–Crippen LogP) is 2.42. The highest BCUT2D eigenvalue weighted by Gasteiger charge is 2.25. The maximum Gasteiger partial charge on any atom is 0.149 e. The normalized spacial score (nSPS) is 22.0. The average molecular weight is 384 g/mol. The number of hydrogen-bond donors (Lipinski definition) is 1. The molecule has 26 heavy (non-hydrogen) atoms. The van der Waals surface area contributed by atoms with Gasteiger partial charge >= 0.3 is 0 Å². The molecule has 2 aromatic rings. The third-order valence-corrected chi connectivity index (χ3v) is 4.52. The van der Waals surface area contributed by atoms with E-state index in [1.165, 1.54) is 17.3 Å². The Morgan fingerprint density at radius 1 is 1.31 bits per heavy atom. The van der Waals surface area contributed by atoms with Crippen LogP contribution in [0.15, 0.2) is 30.9 Å². The van der Waals surface area contributed by atoms with Crippen LogP contribution in [-0.2, 0) is 11.3 Å². The van der Waals surface area contributed by atoms with Crippen LogP contribution in [0.2, 0.25) is 0 Å². The van der Waals surface area contributed by atoms with Crippen molar-refractivity contribution in [3.05, 3.63) is 42.2 Å². The molecule has 1 fully saturated rings. The fraction of sp³-hybridized carbons (Fsp3) is 0.556. The van der Waals surface area contributed by atoms with E-state index in [1.807, 2.05) is 6.07 Å². The van der Waals surface area contributed by atoms with E-state index < -0.39 is 0 Å². The molecule has 6 nitrogen and oxygen atoms in total. The van der Waals surface area contributed by atoms with Crippen molar-refractivity contribution in [2.75, 3.05) is 19.6 Å². The van der Waals surface area contributed by atoms with Crippen LogP contribution < -0.4 is 5.32 Å². The molecule has 1 saturated heterocycles. The first-order chi connectivity index (χ1) is 12.0. The first kappa shape index (κ1) is 20.8. The number of halogens is 2. The Bertz CT molecular complexity index is 674. The van der Waals surface area contributed by atoms with Crippen molar-refractivity contribution < 1.29 is 9.13 Å². The number of nitrogens with one attached hydrogen (secondary N) is 1. The quantitative estimate of drug-likeness (QED) is 0.830. The Kier molecular flexibility index (Phi) is 7.52.